The first kappa shape index (κ1) is 27.6. The van der Waals surface area contributed by atoms with E-state index in [-0.39, 0.29) is 17.2 Å². The molecule has 2 aliphatic heterocycles. The van der Waals surface area contributed by atoms with Crippen LogP contribution in [0.3, 0.4) is 0 Å². The summed E-state index contributed by atoms with van der Waals surface area (Å²) < 4.78 is 11.0. The zero-order chi connectivity index (χ0) is 26.7. The fourth-order valence-electron chi connectivity index (χ4n) is 4.57. The van der Waals surface area contributed by atoms with Gasteiger partial charge in [-0.2, -0.15) is 0 Å². The zero-order valence-electron chi connectivity index (χ0n) is 22.0. The van der Waals surface area contributed by atoms with Crippen LogP contribution in [0.1, 0.15) is 30.1 Å². The number of nitro benzene ring substituents is 1. The average molecular weight is 524 g/mol. The second kappa shape index (κ2) is 13.9. The van der Waals surface area contributed by atoms with Crippen LogP contribution in [0.4, 0.5) is 17.1 Å². The number of nitrogens with zero attached hydrogens (tertiary/aromatic N) is 3. The number of carbonyl (C=O) groups excluding carboxylic acids is 1. The molecular formula is C28H37N5O5. The Bertz CT molecular complexity index is 1220. The lowest BCUT2D eigenvalue weighted by atomic mass is 10.1. The molecule has 0 bridgehead atoms. The van der Waals surface area contributed by atoms with Gasteiger partial charge < -0.3 is 25.0 Å². The van der Waals surface area contributed by atoms with E-state index in [0.717, 1.165) is 68.4 Å². The second-order valence-electron chi connectivity index (χ2n) is 9.40. The highest BCUT2D eigenvalue weighted by molar-refractivity contribution is 6.06. The minimum atomic E-state index is -0.496. The van der Waals surface area contributed by atoms with Gasteiger partial charge in [0.05, 0.1) is 42.7 Å². The number of unbranched alkanes of at least 4 members (excludes halogenated alkanes) is 1. The molecule has 0 unspecified atom stereocenters. The van der Waals surface area contributed by atoms with Gasteiger partial charge in [-0.15, -0.1) is 0 Å². The van der Waals surface area contributed by atoms with E-state index >= 15 is 0 Å². The van der Waals surface area contributed by atoms with Gasteiger partial charge in [0, 0.05) is 63.2 Å². The molecule has 0 spiro atoms. The van der Waals surface area contributed by atoms with Crippen LogP contribution in [0.2, 0.25) is 0 Å². The van der Waals surface area contributed by atoms with E-state index in [2.05, 4.69) is 39.5 Å². The maximum absolute atomic E-state index is 13.2. The van der Waals surface area contributed by atoms with Crippen molar-refractivity contribution < 1.29 is 19.2 Å². The number of nitrogens with one attached hydrogen (secondary N) is 2. The lowest BCUT2D eigenvalue weighted by Crippen LogP contribution is -2.40. The van der Waals surface area contributed by atoms with Gasteiger partial charge >= 0.3 is 0 Å². The molecule has 2 fully saturated rings. The van der Waals surface area contributed by atoms with Gasteiger partial charge in [0.25, 0.3) is 11.6 Å². The maximum atomic E-state index is 13.2. The number of amides is 1. The van der Waals surface area contributed by atoms with Crippen molar-refractivity contribution in [3.8, 4) is 0 Å². The largest absolute Gasteiger partial charge is 0.389 e. The first-order valence-electron chi connectivity index (χ1n) is 13.3. The van der Waals surface area contributed by atoms with Crippen molar-refractivity contribution >= 4 is 35.2 Å². The van der Waals surface area contributed by atoms with Crippen LogP contribution in [0, 0.1) is 10.1 Å². The number of non-ortho nitro benzene ring substituents is 1. The van der Waals surface area contributed by atoms with Crippen molar-refractivity contribution in [1.29, 1.82) is 0 Å². The average Bonchev–Trinajstić information content (AvgIpc) is 2.95. The van der Waals surface area contributed by atoms with E-state index in [4.69, 9.17) is 9.47 Å². The van der Waals surface area contributed by atoms with E-state index in [1.54, 1.807) is 6.07 Å². The molecule has 2 heterocycles. The summed E-state index contributed by atoms with van der Waals surface area (Å²) in [6, 6.07) is 9.90. The van der Waals surface area contributed by atoms with Crippen LogP contribution in [-0.2, 0) is 9.47 Å². The quantitative estimate of drug-likeness (QED) is 0.276. The Morgan fingerprint density at radius 3 is 2.50 bits per heavy atom. The number of morpholine rings is 2. The highest BCUT2D eigenvalue weighted by atomic mass is 16.6. The smallest absolute Gasteiger partial charge is 0.270 e. The van der Waals surface area contributed by atoms with Crippen molar-refractivity contribution in [2.24, 2.45) is 0 Å². The third-order valence-electron chi connectivity index (χ3n) is 6.71. The predicted molar refractivity (Wildman–Crippen MR) is 149 cm³/mol. The SMILES string of the molecule is CCC/C=c1\cc(N2CCOCC2)c(NC(=O)c2cccc([N+](=O)[O-])c2)c\c1=C\NCCN1CCOCC1. The topological polar surface area (TPSA) is 109 Å². The van der Waals surface area contributed by atoms with Crippen LogP contribution in [0.15, 0.2) is 36.4 Å². The number of hydrogen-bond donors (Lipinski definition) is 2. The normalized spacial score (nSPS) is 17.4. The van der Waals surface area contributed by atoms with Crippen molar-refractivity contribution in [3.05, 3.63) is 62.5 Å². The van der Waals surface area contributed by atoms with Gasteiger partial charge in [0.2, 0.25) is 0 Å². The molecule has 0 aromatic heterocycles. The molecule has 10 nitrogen and oxygen atoms in total. The standard InChI is InChI=1S/C28H37N5O5/c1-2-3-5-22-20-27(32-12-16-38-17-13-32)26(30-28(34)23-6-4-7-25(18-23)33(35)36)19-24(22)21-29-8-9-31-10-14-37-15-11-31/h4-7,18-21,29H,2-3,8-17H2,1H3,(H,30,34)/b22-5+,24-21-. The maximum Gasteiger partial charge on any atom is 0.270 e. The summed E-state index contributed by atoms with van der Waals surface area (Å²) in [6.45, 7) is 9.97. The Kier molecular flexibility index (Phi) is 10.1. The minimum Gasteiger partial charge on any atom is -0.389 e. The summed E-state index contributed by atoms with van der Waals surface area (Å²) in [7, 11) is 0. The Balaban J connectivity index is 1.64. The fourth-order valence-corrected chi connectivity index (χ4v) is 4.57. The molecule has 10 heteroatoms. The number of anilines is 2. The van der Waals surface area contributed by atoms with Crippen LogP contribution in [0.5, 0.6) is 0 Å². The predicted octanol–water partition coefficient (Wildman–Crippen LogP) is 1.92. The molecule has 2 aliphatic rings. The second-order valence-corrected chi connectivity index (χ2v) is 9.40. The summed E-state index contributed by atoms with van der Waals surface area (Å²) in [5.74, 6) is -0.389. The Morgan fingerprint density at radius 2 is 1.79 bits per heavy atom. The molecule has 0 saturated carbocycles. The number of carbonyl (C=O) groups is 1. The number of benzene rings is 2. The van der Waals surface area contributed by atoms with Crippen molar-refractivity contribution in [3.63, 3.8) is 0 Å². The van der Waals surface area contributed by atoms with E-state index in [9.17, 15) is 14.9 Å². The number of rotatable bonds is 10. The van der Waals surface area contributed by atoms with Crippen LogP contribution < -0.4 is 26.0 Å². The van der Waals surface area contributed by atoms with Gasteiger partial charge in [-0.25, -0.2) is 0 Å². The molecule has 0 aliphatic carbocycles. The summed E-state index contributed by atoms with van der Waals surface area (Å²) in [5, 5.41) is 19.8. The van der Waals surface area contributed by atoms with Crippen LogP contribution in [0.25, 0.3) is 12.3 Å². The fraction of sp³-hybridized carbons (Fsp3) is 0.464. The van der Waals surface area contributed by atoms with Crippen molar-refractivity contribution in [1.82, 2.24) is 10.2 Å². The number of ether oxygens (including phenoxy) is 2. The summed E-state index contributed by atoms with van der Waals surface area (Å²) in [5.41, 5.74) is 1.70. The molecule has 0 atom stereocenters. The Hall–Kier alpha value is -3.47. The monoisotopic (exact) mass is 523 g/mol. The molecule has 2 aromatic rings. The Labute approximate surface area is 223 Å². The number of nitro groups is 1. The van der Waals surface area contributed by atoms with Crippen LogP contribution in [-0.4, -0.2) is 81.4 Å². The minimum absolute atomic E-state index is 0.117. The molecule has 2 saturated heterocycles. The van der Waals surface area contributed by atoms with E-state index in [1.807, 2.05) is 12.3 Å². The number of hydrogen-bond acceptors (Lipinski definition) is 8. The van der Waals surface area contributed by atoms with Gasteiger partial charge in [-0.05, 0) is 35.1 Å². The first-order valence-corrected chi connectivity index (χ1v) is 13.3. The van der Waals surface area contributed by atoms with Gasteiger partial charge in [-0.1, -0.05) is 25.5 Å². The molecule has 2 aromatic carbocycles. The summed E-state index contributed by atoms with van der Waals surface area (Å²) >= 11 is 0. The van der Waals surface area contributed by atoms with E-state index < -0.39 is 4.92 Å². The third-order valence-corrected chi connectivity index (χ3v) is 6.71. The van der Waals surface area contributed by atoms with Gasteiger partial charge in [0.15, 0.2) is 0 Å². The molecule has 204 valence electrons. The van der Waals surface area contributed by atoms with Crippen molar-refractivity contribution in [2.75, 3.05) is 75.9 Å². The highest BCUT2D eigenvalue weighted by Gasteiger charge is 2.18. The van der Waals surface area contributed by atoms with E-state index in [0.29, 0.717) is 32.0 Å². The van der Waals surface area contributed by atoms with Gasteiger partial charge in [-0.3, -0.25) is 19.8 Å². The van der Waals surface area contributed by atoms with Crippen molar-refractivity contribution in [2.45, 2.75) is 19.8 Å². The molecule has 1 amide bonds. The molecule has 38 heavy (non-hydrogen) atoms. The lowest BCUT2D eigenvalue weighted by Gasteiger charge is -2.30. The highest BCUT2D eigenvalue weighted by Crippen LogP contribution is 2.25. The van der Waals surface area contributed by atoms with Crippen LogP contribution >= 0.6 is 0 Å². The first-order chi connectivity index (χ1) is 18.5. The molecule has 4 rings (SSSR count). The third kappa shape index (κ3) is 7.53. The summed E-state index contributed by atoms with van der Waals surface area (Å²) in [6.07, 6.45) is 6.21. The molecule has 0 radical (unpaired) electrons. The molecule has 2 N–H and O–H groups in total. The zero-order valence-corrected chi connectivity index (χ0v) is 22.0. The van der Waals surface area contributed by atoms with Gasteiger partial charge in [0.1, 0.15) is 0 Å². The Morgan fingerprint density at radius 1 is 1.05 bits per heavy atom. The molecular weight excluding hydrogens is 486 g/mol. The lowest BCUT2D eigenvalue weighted by molar-refractivity contribution is -0.384. The summed E-state index contributed by atoms with van der Waals surface area (Å²) in [4.78, 5) is 28.5. The van der Waals surface area contributed by atoms with E-state index in [1.165, 1.54) is 18.2 Å².